The van der Waals surface area contributed by atoms with Crippen LogP contribution in [0.15, 0.2) is 53.7 Å². The third-order valence-corrected chi connectivity index (χ3v) is 15.3. The zero-order chi connectivity index (χ0) is 43.4. The number of thiophene rings is 1. The fraction of sp³-hybridized carbons (Fsp3) is 0.510. The Morgan fingerprint density at radius 3 is 2.23 bits per heavy atom. The summed E-state index contributed by atoms with van der Waals surface area (Å²) in [4.78, 5) is 71.6. The van der Waals surface area contributed by atoms with Crippen LogP contribution in [-0.4, -0.2) is 88.7 Å². The number of nitrogens with zero attached hydrogens (tertiary/aromatic N) is 4. The van der Waals surface area contributed by atoms with Crippen LogP contribution < -0.4 is 5.32 Å². The SMILES string of the molecule is COC(=O)C[C@H](C(=O)N1CCC[C@H]1c1ncc(-c2ccc(-c3ccc(-c4ccc5c(c4)CC([C@@H]4CCCN4C(=O)[C@@H](NC(=O)OC)C(C)C)=N5)c4c3C3CCC4C3)s2)[nH]1)C(C)C. The Balaban J connectivity index is 0.935. The average molecular weight is 859 g/mol. The molecular formula is C49H58N6O6S. The van der Waals surface area contributed by atoms with E-state index < -0.39 is 18.1 Å². The number of alkyl carbamates (subject to hydrolysis) is 1. The van der Waals surface area contributed by atoms with Crippen LogP contribution in [0.4, 0.5) is 10.5 Å². The number of nitrogens with one attached hydrogen (secondary N) is 2. The molecule has 6 atom stereocenters. The molecule has 2 N–H and O–H groups in total. The minimum atomic E-state index is -0.658. The smallest absolute Gasteiger partial charge is 0.407 e. The van der Waals surface area contributed by atoms with Crippen LogP contribution in [0.3, 0.4) is 0 Å². The normalized spacial score (nSPS) is 22.2. The lowest BCUT2D eigenvalue weighted by Crippen LogP contribution is -2.53. The number of esters is 1. The van der Waals surface area contributed by atoms with Gasteiger partial charge in [0, 0.05) is 30.1 Å². The highest BCUT2D eigenvalue weighted by Gasteiger charge is 2.42. The van der Waals surface area contributed by atoms with Gasteiger partial charge in [-0.2, -0.15) is 0 Å². The molecule has 326 valence electrons. The minimum Gasteiger partial charge on any atom is -0.469 e. The molecule has 2 unspecified atom stereocenters. The number of amides is 3. The molecule has 3 amide bonds. The topological polar surface area (TPSA) is 146 Å². The van der Waals surface area contributed by atoms with E-state index in [0.717, 1.165) is 53.5 Å². The maximum atomic E-state index is 13.8. The van der Waals surface area contributed by atoms with Gasteiger partial charge < -0.3 is 29.6 Å². The van der Waals surface area contributed by atoms with Crippen molar-refractivity contribution in [3.8, 4) is 32.1 Å². The molecule has 2 aromatic carbocycles. The predicted octanol–water partition coefficient (Wildman–Crippen LogP) is 9.34. The van der Waals surface area contributed by atoms with E-state index >= 15 is 0 Å². The zero-order valence-electron chi connectivity index (χ0n) is 36.7. The molecule has 4 aromatic rings. The number of H-pyrrole nitrogens is 1. The van der Waals surface area contributed by atoms with Crippen molar-refractivity contribution < 1.29 is 28.7 Å². The van der Waals surface area contributed by atoms with Crippen molar-refractivity contribution in [3.05, 3.63) is 71.2 Å². The van der Waals surface area contributed by atoms with Crippen molar-refractivity contribution in [3.63, 3.8) is 0 Å². The number of carbonyl (C=O) groups excluding carboxylic acids is 4. The van der Waals surface area contributed by atoms with Gasteiger partial charge in [0.15, 0.2) is 0 Å². The van der Waals surface area contributed by atoms with Crippen molar-refractivity contribution in [2.75, 3.05) is 27.3 Å². The number of imidazole rings is 1. The molecule has 3 fully saturated rings. The van der Waals surface area contributed by atoms with Gasteiger partial charge in [-0.25, -0.2) is 9.78 Å². The second kappa shape index (κ2) is 17.1. The lowest BCUT2D eigenvalue weighted by atomic mass is 9.82. The minimum absolute atomic E-state index is 0.00906. The number of aromatic nitrogens is 2. The molecule has 0 radical (unpaired) electrons. The molecule has 1 saturated carbocycles. The molecule has 5 aliphatic rings. The summed E-state index contributed by atoms with van der Waals surface area (Å²) in [5.41, 5.74) is 11.0. The molecule has 3 aliphatic heterocycles. The number of carbonyl (C=O) groups is 4. The Bertz CT molecular complexity index is 2430. The standard InChI is InChI=1S/C49H58N6O6S/c1-26(2)34(24-42(56)60-5)47(57)55-20-8-10-39(55)46-50-25-37(52-46)41-18-17-40(62-41)33-15-14-32(43-29-11-12-30(22-29)44(33)43)28-13-16-35-31(21-28)23-36(51-35)38-9-7-19-54(38)48(58)45(27(3)4)53-49(59)61-6/h13-18,21,25-27,29-30,34,38-39,45H,7-12,19-20,22-24H2,1-6H3,(H,50,52)(H,53,59)/t29?,30?,34-,38-,39-,45-/m0/s1. The van der Waals surface area contributed by atoms with Crippen molar-refractivity contribution in [2.24, 2.45) is 22.7 Å². The van der Waals surface area contributed by atoms with Crippen LogP contribution in [0, 0.1) is 17.8 Å². The molecule has 0 spiro atoms. The predicted molar refractivity (Wildman–Crippen MR) is 240 cm³/mol. The van der Waals surface area contributed by atoms with Crippen LogP contribution in [-0.2, 0) is 30.3 Å². The van der Waals surface area contributed by atoms with Gasteiger partial charge in [0.1, 0.15) is 11.9 Å². The average Bonchev–Trinajstić information content (AvgIpc) is 4.12. The van der Waals surface area contributed by atoms with Gasteiger partial charge in [-0.1, -0.05) is 45.9 Å². The number of aromatic amines is 1. The van der Waals surface area contributed by atoms with E-state index in [2.05, 4.69) is 52.8 Å². The molecule has 2 aromatic heterocycles. The summed E-state index contributed by atoms with van der Waals surface area (Å²) in [6.45, 7) is 9.14. The first-order chi connectivity index (χ1) is 29.9. The van der Waals surface area contributed by atoms with Crippen LogP contribution in [0.1, 0.15) is 119 Å². The molecule has 2 bridgehead atoms. The maximum Gasteiger partial charge on any atom is 0.407 e. The lowest BCUT2D eigenvalue weighted by Gasteiger charge is -2.30. The van der Waals surface area contributed by atoms with E-state index in [-0.39, 0.29) is 48.1 Å². The van der Waals surface area contributed by atoms with Crippen LogP contribution in [0.5, 0.6) is 0 Å². The monoisotopic (exact) mass is 858 g/mol. The van der Waals surface area contributed by atoms with Crippen molar-refractivity contribution >= 4 is 46.6 Å². The number of hydrogen-bond acceptors (Lipinski definition) is 9. The van der Waals surface area contributed by atoms with Crippen LogP contribution >= 0.6 is 11.3 Å². The van der Waals surface area contributed by atoms with Gasteiger partial charge in [0.2, 0.25) is 11.8 Å². The third-order valence-electron chi connectivity index (χ3n) is 14.2. The van der Waals surface area contributed by atoms with E-state index in [1.54, 1.807) is 11.3 Å². The van der Waals surface area contributed by atoms with E-state index in [1.807, 2.05) is 43.7 Å². The Kier molecular flexibility index (Phi) is 11.6. The Labute approximate surface area is 367 Å². The summed E-state index contributed by atoms with van der Waals surface area (Å²) < 4.78 is 9.74. The highest BCUT2D eigenvalue weighted by Crippen LogP contribution is 2.59. The number of ether oxygens (including phenoxy) is 2. The summed E-state index contributed by atoms with van der Waals surface area (Å²) >= 11 is 1.78. The quantitative estimate of drug-likeness (QED) is 0.135. The number of rotatable bonds is 12. The summed E-state index contributed by atoms with van der Waals surface area (Å²) in [5.74, 6) is 0.933. The first-order valence-corrected chi connectivity index (χ1v) is 23.3. The van der Waals surface area contributed by atoms with E-state index in [9.17, 15) is 19.2 Å². The number of benzene rings is 2. The highest BCUT2D eigenvalue weighted by atomic mass is 32.1. The highest BCUT2D eigenvalue weighted by molar-refractivity contribution is 7.18. The van der Waals surface area contributed by atoms with Gasteiger partial charge in [-0.3, -0.25) is 19.4 Å². The van der Waals surface area contributed by atoms with E-state index in [4.69, 9.17) is 19.5 Å². The van der Waals surface area contributed by atoms with Crippen LogP contribution in [0.25, 0.3) is 32.1 Å². The molecule has 2 saturated heterocycles. The lowest BCUT2D eigenvalue weighted by molar-refractivity contribution is -0.148. The molecule has 13 heteroatoms. The summed E-state index contributed by atoms with van der Waals surface area (Å²) in [6.07, 6.45) is 9.19. The van der Waals surface area contributed by atoms with E-state index in [1.165, 1.54) is 71.7 Å². The van der Waals surface area contributed by atoms with Gasteiger partial charge in [-0.15, -0.1) is 11.3 Å². The molecular weight excluding hydrogens is 801 g/mol. The molecule has 62 heavy (non-hydrogen) atoms. The third kappa shape index (κ3) is 7.64. The molecule has 5 heterocycles. The van der Waals surface area contributed by atoms with Crippen molar-refractivity contribution in [1.82, 2.24) is 25.1 Å². The first-order valence-electron chi connectivity index (χ1n) is 22.5. The summed E-state index contributed by atoms with van der Waals surface area (Å²) in [7, 11) is 2.68. The summed E-state index contributed by atoms with van der Waals surface area (Å²) in [6, 6.07) is 14.9. The van der Waals surface area contributed by atoms with Crippen molar-refractivity contribution in [1.29, 1.82) is 0 Å². The Hall–Kier alpha value is -5.30. The number of hydrogen-bond donors (Lipinski definition) is 2. The second-order valence-electron chi connectivity index (χ2n) is 18.5. The Morgan fingerprint density at radius 2 is 1.52 bits per heavy atom. The fourth-order valence-corrected chi connectivity index (χ4v) is 12.0. The second-order valence-corrected chi connectivity index (χ2v) is 19.6. The Morgan fingerprint density at radius 1 is 0.823 bits per heavy atom. The van der Waals surface area contributed by atoms with Crippen molar-refractivity contribution in [2.45, 2.75) is 115 Å². The zero-order valence-corrected chi connectivity index (χ0v) is 37.5. The first kappa shape index (κ1) is 42.0. The van der Waals surface area contributed by atoms with Gasteiger partial charge in [0.25, 0.3) is 0 Å². The van der Waals surface area contributed by atoms with E-state index in [0.29, 0.717) is 31.3 Å². The van der Waals surface area contributed by atoms with Gasteiger partial charge >= 0.3 is 12.1 Å². The summed E-state index contributed by atoms with van der Waals surface area (Å²) in [5, 5.41) is 2.76. The van der Waals surface area contributed by atoms with Gasteiger partial charge in [0.05, 0.1) is 61.1 Å². The molecule has 12 nitrogen and oxygen atoms in total. The van der Waals surface area contributed by atoms with Crippen LogP contribution in [0.2, 0.25) is 0 Å². The molecule has 9 rings (SSSR count). The van der Waals surface area contributed by atoms with Gasteiger partial charge in [-0.05, 0) is 126 Å². The number of methoxy groups -OCH3 is 2. The number of aliphatic imine (C=N–C) groups is 1. The molecule has 2 aliphatic carbocycles. The number of fused-ring (bicyclic) bond motifs is 6. The fourth-order valence-electron chi connectivity index (χ4n) is 11.0. The number of likely N-dealkylation sites (tertiary alicyclic amines) is 2. The maximum absolute atomic E-state index is 13.8. The largest absolute Gasteiger partial charge is 0.469 e.